The van der Waals surface area contributed by atoms with Gasteiger partial charge in [0.25, 0.3) is 0 Å². The molecule has 74 valence electrons. The zero-order chi connectivity index (χ0) is 9.56. The van der Waals surface area contributed by atoms with Gasteiger partial charge in [-0.15, -0.1) is 0 Å². The Bertz CT molecular complexity index is 89.2. The Kier molecular flexibility index (Phi) is 6.45. The van der Waals surface area contributed by atoms with Gasteiger partial charge in [0.2, 0.25) is 0 Å². The third-order valence-corrected chi connectivity index (χ3v) is 2.70. The topological polar surface area (TPSA) is 26.0 Å². The fourth-order valence-corrected chi connectivity index (χ4v) is 1.96. The second kappa shape index (κ2) is 6.47. The van der Waals surface area contributed by atoms with Gasteiger partial charge in [0.05, 0.1) is 0 Å². The van der Waals surface area contributed by atoms with Gasteiger partial charge in [0.15, 0.2) is 0 Å². The van der Waals surface area contributed by atoms with Gasteiger partial charge in [-0.05, 0) is 37.1 Å². The van der Waals surface area contributed by atoms with Crippen molar-refractivity contribution < 1.29 is 0 Å². The molecule has 1 heteroatoms. The van der Waals surface area contributed by atoms with Crippen LogP contribution in [0, 0.1) is 17.8 Å². The largest absolute Gasteiger partial charge is 0.330 e. The van der Waals surface area contributed by atoms with E-state index in [4.69, 9.17) is 5.73 Å². The van der Waals surface area contributed by atoms with Crippen LogP contribution in [0.5, 0.6) is 0 Å². The molecule has 12 heavy (non-hydrogen) atoms. The van der Waals surface area contributed by atoms with E-state index >= 15 is 0 Å². The number of nitrogens with two attached hydrogens (primary N) is 1. The highest BCUT2D eigenvalue weighted by molar-refractivity contribution is 4.66. The van der Waals surface area contributed by atoms with Gasteiger partial charge in [-0.2, -0.15) is 0 Å². The van der Waals surface area contributed by atoms with Gasteiger partial charge in [-0.1, -0.05) is 34.1 Å². The average molecular weight is 171 g/mol. The zero-order valence-electron chi connectivity index (χ0n) is 9.14. The Labute approximate surface area is 77.7 Å². The number of rotatable bonds is 6. The number of hydrogen-bond acceptors (Lipinski definition) is 1. The summed E-state index contributed by atoms with van der Waals surface area (Å²) < 4.78 is 0. The van der Waals surface area contributed by atoms with E-state index in [1.165, 1.54) is 19.3 Å². The Morgan fingerprint density at radius 3 is 1.75 bits per heavy atom. The predicted octanol–water partition coefficient (Wildman–Crippen LogP) is 3.04. The van der Waals surface area contributed by atoms with Crippen LogP contribution in [0.4, 0.5) is 0 Å². The quantitative estimate of drug-likeness (QED) is 0.611. The molecule has 0 aliphatic rings. The molecular formula is C11H25N. The van der Waals surface area contributed by atoms with Gasteiger partial charge in [-0.3, -0.25) is 0 Å². The predicted molar refractivity (Wildman–Crippen MR) is 56.1 cm³/mol. The second-order valence-corrected chi connectivity index (χ2v) is 4.44. The summed E-state index contributed by atoms with van der Waals surface area (Å²) in [6, 6.07) is 0. The highest BCUT2D eigenvalue weighted by atomic mass is 14.5. The maximum atomic E-state index is 5.47. The first kappa shape index (κ1) is 12.0. The normalized spacial score (nSPS) is 12.0. The smallest absolute Gasteiger partial charge is 0.00773 e. The third-order valence-electron chi connectivity index (χ3n) is 2.70. The van der Waals surface area contributed by atoms with E-state index in [-0.39, 0.29) is 0 Å². The molecule has 0 amide bonds. The third kappa shape index (κ3) is 4.76. The highest BCUT2D eigenvalue weighted by Gasteiger charge is 2.16. The van der Waals surface area contributed by atoms with Gasteiger partial charge in [-0.25, -0.2) is 0 Å². The van der Waals surface area contributed by atoms with E-state index < -0.39 is 0 Å². The minimum atomic E-state index is 0.822. The van der Waals surface area contributed by atoms with Crippen LogP contribution in [0.2, 0.25) is 0 Å². The second-order valence-electron chi connectivity index (χ2n) is 4.44. The maximum Gasteiger partial charge on any atom is -0.00773 e. The van der Waals surface area contributed by atoms with Gasteiger partial charge >= 0.3 is 0 Å². The van der Waals surface area contributed by atoms with Crippen molar-refractivity contribution in [2.75, 3.05) is 6.54 Å². The fraction of sp³-hybridized carbons (Fsp3) is 1.00. The van der Waals surface area contributed by atoms with E-state index in [1.54, 1.807) is 0 Å². The Hall–Kier alpha value is -0.0400. The molecule has 0 saturated heterocycles. The van der Waals surface area contributed by atoms with Crippen LogP contribution < -0.4 is 5.73 Å². The Morgan fingerprint density at radius 1 is 0.917 bits per heavy atom. The van der Waals surface area contributed by atoms with Crippen LogP contribution in [0.15, 0.2) is 0 Å². The molecule has 0 radical (unpaired) electrons. The minimum Gasteiger partial charge on any atom is -0.330 e. The molecule has 0 heterocycles. The lowest BCUT2D eigenvalue weighted by molar-refractivity contribution is 0.262. The molecule has 0 aromatic carbocycles. The summed E-state index contributed by atoms with van der Waals surface area (Å²) in [5.41, 5.74) is 5.47. The van der Waals surface area contributed by atoms with Crippen molar-refractivity contribution in [2.45, 2.75) is 47.0 Å². The molecule has 0 aromatic heterocycles. The molecule has 0 spiro atoms. The van der Waals surface area contributed by atoms with Crippen molar-refractivity contribution in [3.63, 3.8) is 0 Å². The SMILES string of the molecule is CC(C)C(CCCCN)C(C)C. The molecule has 0 saturated carbocycles. The van der Waals surface area contributed by atoms with E-state index in [0.29, 0.717) is 0 Å². The molecule has 0 aromatic rings. The van der Waals surface area contributed by atoms with Crippen molar-refractivity contribution in [1.82, 2.24) is 0 Å². The summed E-state index contributed by atoms with van der Waals surface area (Å²) in [6.07, 6.45) is 3.85. The minimum absolute atomic E-state index is 0.822. The maximum absolute atomic E-state index is 5.47. The van der Waals surface area contributed by atoms with Gasteiger partial charge in [0.1, 0.15) is 0 Å². The van der Waals surface area contributed by atoms with E-state index in [2.05, 4.69) is 27.7 Å². The van der Waals surface area contributed by atoms with Crippen LogP contribution in [-0.2, 0) is 0 Å². The standard InChI is InChI=1S/C11H25N/c1-9(2)11(10(3)4)7-5-6-8-12/h9-11H,5-8,12H2,1-4H3. The monoisotopic (exact) mass is 171 g/mol. The molecule has 1 nitrogen and oxygen atoms in total. The first-order valence-electron chi connectivity index (χ1n) is 5.29. The molecule has 2 N–H and O–H groups in total. The van der Waals surface area contributed by atoms with Crippen LogP contribution in [0.3, 0.4) is 0 Å². The van der Waals surface area contributed by atoms with Crippen molar-refractivity contribution in [3.05, 3.63) is 0 Å². The van der Waals surface area contributed by atoms with E-state index in [0.717, 1.165) is 24.3 Å². The summed E-state index contributed by atoms with van der Waals surface area (Å²) >= 11 is 0. The van der Waals surface area contributed by atoms with Gasteiger partial charge in [0, 0.05) is 0 Å². The molecule has 0 rings (SSSR count). The van der Waals surface area contributed by atoms with Crippen molar-refractivity contribution in [2.24, 2.45) is 23.5 Å². The highest BCUT2D eigenvalue weighted by Crippen LogP contribution is 2.25. The van der Waals surface area contributed by atoms with Gasteiger partial charge < -0.3 is 5.73 Å². The first-order chi connectivity index (χ1) is 5.59. The molecule has 0 fully saturated rings. The van der Waals surface area contributed by atoms with Crippen molar-refractivity contribution >= 4 is 0 Å². The molecule has 0 bridgehead atoms. The molecule has 0 unspecified atom stereocenters. The number of unbranched alkanes of at least 4 members (excludes halogenated alkanes) is 1. The van der Waals surface area contributed by atoms with Crippen molar-refractivity contribution in [1.29, 1.82) is 0 Å². The summed E-state index contributed by atoms with van der Waals surface area (Å²) in [5, 5.41) is 0. The summed E-state index contributed by atoms with van der Waals surface area (Å²) in [4.78, 5) is 0. The molecule has 0 atom stereocenters. The van der Waals surface area contributed by atoms with E-state index in [9.17, 15) is 0 Å². The van der Waals surface area contributed by atoms with Crippen LogP contribution in [0.25, 0.3) is 0 Å². The summed E-state index contributed by atoms with van der Waals surface area (Å²) in [5.74, 6) is 2.53. The first-order valence-corrected chi connectivity index (χ1v) is 5.29. The average Bonchev–Trinajstić information content (AvgIpc) is 1.96. The van der Waals surface area contributed by atoms with Crippen LogP contribution >= 0.6 is 0 Å². The molecule has 0 aliphatic carbocycles. The zero-order valence-corrected chi connectivity index (χ0v) is 9.14. The lowest BCUT2D eigenvalue weighted by atomic mass is 9.82. The lowest BCUT2D eigenvalue weighted by Crippen LogP contribution is -2.15. The lowest BCUT2D eigenvalue weighted by Gasteiger charge is -2.24. The summed E-state index contributed by atoms with van der Waals surface area (Å²) in [6.45, 7) is 10.2. The number of hydrogen-bond donors (Lipinski definition) is 1. The molecule has 0 aliphatic heterocycles. The van der Waals surface area contributed by atoms with Crippen LogP contribution in [-0.4, -0.2) is 6.54 Å². The van der Waals surface area contributed by atoms with E-state index in [1.807, 2.05) is 0 Å². The summed E-state index contributed by atoms with van der Waals surface area (Å²) in [7, 11) is 0. The molecular weight excluding hydrogens is 146 g/mol. The van der Waals surface area contributed by atoms with Crippen LogP contribution in [0.1, 0.15) is 47.0 Å². The van der Waals surface area contributed by atoms with Crippen molar-refractivity contribution in [3.8, 4) is 0 Å². The fourth-order valence-electron chi connectivity index (χ4n) is 1.96. The Morgan fingerprint density at radius 2 is 1.42 bits per heavy atom. The Balaban J connectivity index is 3.64.